The fraction of sp³-hybridized carbons (Fsp3) is 0.238. The van der Waals surface area contributed by atoms with Crippen LogP contribution in [0.15, 0.2) is 36.5 Å². The van der Waals surface area contributed by atoms with E-state index in [0.29, 0.717) is 16.3 Å². The van der Waals surface area contributed by atoms with Gasteiger partial charge in [-0.1, -0.05) is 24.3 Å². The van der Waals surface area contributed by atoms with Crippen LogP contribution in [-0.2, 0) is 6.42 Å². The van der Waals surface area contributed by atoms with Crippen LogP contribution in [0.2, 0.25) is 0 Å². The third kappa shape index (κ3) is 3.41. The van der Waals surface area contributed by atoms with Gasteiger partial charge < -0.3 is 0 Å². The van der Waals surface area contributed by atoms with Gasteiger partial charge in [0.05, 0.1) is 11.9 Å². The Balaban J connectivity index is 1.59. The Kier molecular flexibility index (Phi) is 4.68. The molecule has 4 aromatic rings. The van der Waals surface area contributed by atoms with Gasteiger partial charge in [-0.05, 0) is 44.9 Å². The summed E-state index contributed by atoms with van der Waals surface area (Å²) in [6.45, 7) is 7.93. The van der Waals surface area contributed by atoms with E-state index >= 15 is 0 Å². The Bertz CT molecular complexity index is 1190. The molecule has 0 bridgehead atoms. The Morgan fingerprint density at radius 1 is 1.14 bits per heavy atom. The highest BCUT2D eigenvalue weighted by Gasteiger charge is 2.18. The van der Waals surface area contributed by atoms with Crippen molar-refractivity contribution in [2.45, 2.75) is 34.1 Å². The van der Waals surface area contributed by atoms with Gasteiger partial charge in [-0.15, -0.1) is 11.3 Å². The number of hydrogen-bond donors (Lipinski definition) is 1. The van der Waals surface area contributed by atoms with Gasteiger partial charge in [-0.3, -0.25) is 10.1 Å². The minimum Gasteiger partial charge on any atom is -0.298 e. The van der Waals surface area contributed by atoms with Gasteiger partial charge >= 0.3 is 0 Å². The second kappa shape index (κ2) is 7.16. The molecular formula is C21H21N5OS. The van der Waals surface area contributed by atoms with Crippen molar-refractivity contribution in [3.8, 4) is 0 Å². The molecule has 1 amide bonds. The first-order chi connectivity index (χ1) is 13.4. The van der Waals surface area contributed by atoms with Gasteiger partial charge in [0.2, 0.25) is 0 Å². The van der Waals surface area contributed by atoms with E-state index in [1.54, 1.807) is 10.7 Å². The standard InChI is InChI=1S/C21H21N5OS/c1-12-7-5-6-8-16(12)10-18-15(4)24-21(28-18)25-20(27)17-11-22-26-14(3)9-13(2)23-19(17)26/h5-9,11H,10H2,1-4H3,(H,24,25,27). The molecule has 1 aromatic carbocycles. The number of thiazole rings is 1. The number of rotatable bonds is 4. The number of nitrogens with zero attached hydrogens (tertiary/aromatic N) is 4. The van der Waals surface area contributed by atoms with E-state index in [1.165, 1.54) is 22.5 Å². The minimum absolute atomic E-state index is 0.247. The highest BCUT2D eigenvalue weighted by Crippen LogP contribution is 2.27. The molecule has 1 N–H and O–H groups in total. The molecular weight excluding hydrogens is 370 g/mol. The van der Waals surface area contributed by atoms with Gasteiger partial charge in [0.15, 0.2) is 10.8 Å². The maximum absolute atomic E-state index is 12.8. The summed E-state index contributed by atoms with van der Waals surface area (Å²) in [6.07, 6.45) is 2.36. The molecule has 0 fully saturated rings. The molecule has 0 spiro atoms. The lowest BCUT2D eigenvalue weighted by molar-refractivity contribution is 0.102. The smallest absolute Gasteiger partial charge is 0.262 e. The van der Waals surface area contributed by atoms with Crippen molar-refractivity contribution in [1.82, 2.24) is 19.6 Å². The number of benzene rings is 1. The number of amides is 1. The summed E-state index contributed by atoms with van der Waals surface area (Å²) in [5.74, 6) is -0.247. The number of nitrogens with one attached hydrogen (secondary N) is 1. The van der Waals surface area contributed by atoms with Crippen molar-refractivity contribution in [2.75, 3.05) is 5.32 Å². The Morgan fingerprint density at radius 2 is 1.93 bits per heavy atom. The molecule has 0 aliphatic carbocycles. The average molecular weight is 392 g/mol. The first-order valence-corrected chi connectivity index (χ1v) is 9.88. The van der Waals surface area contributed by atoms with E-state index in [9.17, 15) is 4.79 Å². The first-order valence-electron chi connectivity index (χ1n) is 9.06. The zero-order valence-electron chi connectivity index (χ0n) is 16.3. The largest absolute Gasteiger partial charge is 0.298 e. The van der Waals surface area contributed by atoms with Gasteiger partial charge in [-0.25, -0.2) is 14.5 Å². The van der Waals surface area contributed by atoms with E-state index in [4.69, 9.17) is 0 Å². The minimum atomic E-state index is -0.247. The molecule has 142 valence electrons. The molecule has 0 saturated carbocycles. The van der Waals surface area contributed by atoms with E-state index in [1.807, 2.05) is 39.0 Å². The highest BCUT2D eigenvalue weighted by molar-refractivity contribution is 7.15. The molecule has 4 rings (SSSR count). The van der Waals surface area contributed by atoms with Gasteiger partial charge in [0, 0.05) is 22.7 Å². The van der Waals surface area contributed by atoms with Crippen LogP contribution >= 0.6 is 11.3 Å². The Hall–Kier alpha value is -3.06. The number of aryl methyl sites for hydroxylation is 4. The molecule has 0 radical (unpaired) electrons. The number of fused-ring (bicyclic) bond motifs is 1. The summed E-state index contributed by atoms with van der Waals surface area (Å²) < 4.78 is 1.68. The second-order valence-electron chi connectivity index (χ2n) is 6.92. The maximum Gasteiger partial charge on any atom is 0.262 e. The van der Waals surface area contributed by atoms with Crippen LogP contribution in [0.25, 0.3) is 5.65 Å². The Morgan fingerprint density at radius 3 is 2.71 bits per heavy atom. The molecule has 3 heterocycles. The van der Waals surface area contributed by atoms with Crippen molar-refractivity contribution in [3.63, 3.8) is 0 Å². The number of carbonyl (C=O) groups excluding carboxylic acids is 1. The van der Waals surface area contributed by atoms with Crippen LogP contribution in [0.1, 0.15) is 43.4 Å². The molecule has 6 nitrogen and oxygen atoms in total. The third-order valence-corrected chi connectivity index (χ3v) is 5.82. The third-order valence-electron chi connectivity index (χ3n) is 4.75. The van der Waals surface area contributed by atoms with Crippen molar-refractivity contribution in [2.24, 2.45) is 0 Å². The van der Waals surface area contributed by atoms with Crippen molar-refractivity contribution < 1.29 is 4.79 Å². The predicted molar refractivity (Wildman–Crippen MR) is 111 cm³/mol. The zero-order valence-corrected chi connectivity index (χ0v) is 17.1. The van der Waals surface area contributed by atoms with E-state index in [-0.39, 0.29) is 5.91 Å². The Labute approximate surface area is 167 Å². The molecule has 28 heavy (non-hydrogen) atoms. The molecule has 3 aromatic heterocycles. The zero-order chi connectivity index (χ0) is 19.8. The van der Waals surface area contributed by atoms with E-state index in [0.717, 1.165) is 28.4 Å². The van der Waals surface area contributed by atoms with Crippen LogP contribution < -0.4 is 5.32 Å². The molecule has 0 aliphatic rings. The predicted octanol–water partition coefficient (Wildman–Crippen LogP) is 4.26. The lowest BCUT2D eigenvalue weighted by Gasteiger charge is -2.03. The van der Waals surface area contributed by atoms with Gasteiger partial charge in [0.1, 0.15) is 5.56 Å². The van der Waals surface area contributed by atoms with Crippen molar-refractivity contribution in [1.29, 1.82) is 0 Å². The summed E-state index contributed by atoms with van der Waals surface area (Å²) in [6, 6.07) is 10.3. The number of aromatic nitrogens is 4. The van der Waals surface area contributed by atoms with Crippen LogP contribution in [-0.4, -0.2) is 25.5 Å². The quantitative estimate of drug-likeness (QED) is 0.564. The van der Waals surface area contributed by atoms with Crippen LogP contribution in [0.5, 0.6) is 0 Å². The van der Waals surface area contributed by atoms with Crippen LogP contribution in [0.4, 0.5) is 5.13 Å². The molecule has 7 heteroatoms. The van der Waals surface area contributed by atoms with E-state index in [2.05, 4.69) is 39.4 Å². The topological polar surface area (TPSA) is 72.2 Å². The number of carbonyl (C=O) groups is 1. The summed E-state index contributed by atoms with van der Waals surface area (Å²) in [5.41, 5.74) is 6.25. The summed E-state index contributed by atoms with van der Waals surface area (Å²) in [4.78, 5) is 23.0. The van der Waals surface area contributed by atoms with E-state index < -0.39 is 0 Å². The maximum atomic E-state index is 12.8. The molecule has 0 unspecified atom stereocenters. The molecule has 0 atom stereocenters. The molecule has 0 saturated heterocycles. The monoisotopic (exact) mass is 391 g/mol. The summed E-state index contributed by atoms with van der Waals surface area (Å²) in [5, 5.41) is 7.79. The molecule has 0 aliphatic heterocycles. The number of anilines is 1. The summed E-state index contributed by atoms with van der Waals surface area (Å²) in [7, 11) is 0. The first kappa shape index (κ1) is 18.3. The van der Waals surface area contributed by atoms with Crippen LogP contribution in [0, 0.1) is 27.7 Å². The SMILES string of the molecule is Cc1cc(C)n2ncc(C(=O)Nc3nc(C)c(Cc4ccccc4C)s3)c2n1. The number of hydrogen-bond acceptors (Lipinski definition) is 5. The van der Waals surface area contributed by atoms with Gasteiger partial charge in [-0.2, -0.15) is 5.10 Å². The van der Waals surface area contributed by atoms with Gasteiger partial charge in [0.25, 0.3) is 5.91 Å². The summed E-state index contributed by atoms with van der Waals surface area (Å²) >= 11 is 1.51. The lowest BCUT2D eigenvalue weighted by Crippen LogP contribution is -2.12. The lowest BCUT2D eigenvalue weighted by atomic mass is 10.0. The second-order valence-corrected chi connectivity index (χ2v) is 8.00. The average Bonchev–Trinajstić information content (AvgIpc) is 3.20. The highest BCUT2D eigenvalue weighted by atomic mass is 32.1. The van der Waals surface area contributed by atoms with Crippen molar-refractivity contribution >= 4 is 28.0 Å². The fourth-order valence-corrected chi connectivity index (χ4v) is 4.20. The fourth-order valence-electron chi connectivity index (χ4n) is 3.22. The normalized spacial score (nSPS) is 11.1. The van der Waals surface area contributed by atoms with Crippen LogP contribution in [0.3, 0.4) is 0 Å². The van der Waals surface area contributed by atoms with Crippen molar-refractivity contribution in [3.05, 3.63) is 75.2 Å².